The van der Waals surface area contributed by atoms with Crippen LogP contribution in [-0.2, 0) is 9.59 Å². The minimum Gasteiger partial charge on any atom is -0.490 e. The van der Waals surface area contributed by atoms with Crippen LogP contribution in [0.3, 0.4) is 0 Å². The summed E-state index contributed by atoms with van der Waals surface area (Å²) >= 11 is 10.0. The molecule has 2 aromatic rings. The predicted molar refractivity (Wildman–Crippen MR) is 145 cm³/mol. The van der Waals surface area contributed by atoms with Crippen molar-refractivity contribution in [2.45, 2.75) is 20.8 Å². The molecule has 0 saturated carbocycles. The van der Waals surface area contributed by atoms with Crippen molar-refractivity contribution >= 4 is 67.8 Å². The van der Waals surface area contributed by atoms with Gasteiger partial charge in [0.25, 0.3) is 11.8 Å². The number of ether oxygens (including phenoxy) is 2. The van der Waals surface area contributed by atoms with Crippen molar-refractivity contribution in [3.63, 3.8) is 0 Å². The zero-order valence-corrected chi connectivity index (χ0v) is 22.4. The summed E-state index contributed by atoms with van der Waals surface area (Å²) in [6, 6.07) is 9.30. The number of hydrogen-bond donors (Lipinski definition) is 1. The smallest absolute Gasteiger partial charge is 0.266 e. The van der Waals surface area contributed by atoms with Gasteiger partial charge in [-0.2, -0.15) is 0 Å². The molecule has 1 fully saturated rings. The number of aryl methyl sites for hydroxylation is 2. The molecule has 0 aromatic heterocycles. The number of thiocarbonyl (C=S) groups is 1. The van der Waals surface area contributed by atoms with Crippen LogP contribution in [0.15, 0.2) is 52.4 Å². The van der Waals surface area contributed by atoms with Gasteiger partial charge < -0.3 is 14.8 Å². The number of carbonyl (C=O) groups is 2. The Hall–Kier alpha value is -2.62. The molecule has 178 valence electrons. The standard InChI is InChI=1S/C25H25BrN2O4S2/c1-5-9-28-24(30)21(34-25(28)33)13-17-11-19(26)23(20(12-17)31-6-2)32-14-22(29)27-18-8-7-15(3)16(4)10-18/h5,7-8,10-13H,1,6,9,14H2,2-4H3,(H,27,29)/b21-13-. The molecule has 2 amide bonds. The minimum absolute atomic E-state index is 0.160. The van der Waals surface area contributed by atoms with Crippen LogP contribution in [0.5, 0.6) is 11.5 Å². The molecule has 3 rings (SSSR count). The summed E-state index contributed by atoms with van der Waals surface area (Å²) in [6.07, 6.45) is 3.39. The third-order valence-electron chi connectivity index (χ3n) is 4.95. The molecule has 1 saturated heterocycles. The van der Waals surface area contributed by atoms with E-state index in [0.29, 0.717) is 44.0 Å². The number of anilines is 1. The van der Waals surface area contributed by atoms with Gasteiger partial charge in [0.2, 0.25) is 0 Å². The van der Waals surface area contributed by atoms with Crippen LogP contribution in [0.4, 0.5) is 5.69 Å². The molecule has 0 aliphatic carbocycles. The first-order valence-electron chi connectivity index (χ1n) is 10.6. The second-order valence-corrected chi connectivity index (χ2v) is 10.0. The monoisotopic (exact) mass is 560 g/mol. The van der Waals surface area contributed by atoms with Crippen LogP contribution in [0, 0.1) is 13.8 Å². The van der Waals surface area contributed by atoms with Crippen molar-refractivity contribution in [2.75, 3.05) is 25.1 Å². The van der Waals surface area contributed by atoms with Gasteiger partial charge in [-0.25, -0.2) is 0 Å². The lowest BCUT2D eigenvalue weighted by Gasteiger charge is -2.15. The van der Waals surface area contributed by atoms with Crippen molar-refractivity contribution in [1.82, 2.24) is 4.90 Å². The molecule has 0 atom stereocenters. The van der Waals surface area contributed by atoms with Gasteiger partial charge in [-0.3, -0.25) is 14.5 Å². The zero-order valence-electron chi connectivity index (χ0n) is 19.1. The molecule has 1 N–H and O–H groups in total. The highest BCUT2D eigenvalue weighted by Crippen LogP contribution is 2.39. The van der Waals surface area contributed by atoms with E-state index in [4.69, 9.17) is 21.7 Å². The van der Waals surface area contributed by atoms with Gasteiger partial charge in [0.05, 0.1) is 16.0 Å². The van der Waals surface area contributed by atoms with Crippen LogP contribution >= 0.6 is 39.9 Å². The molecule has 1 aliphatic heterocycles. The van der Waals surface area contributed by atoms with Crippen molar-refractivity contribution in [2.24, 2.45) is 0 Å². The van der Waals surface area contributed by atoms with Crippen molar-refractivity contribution in [1.29, 1.82) is 0 Å². The quantitative estimate of drug-likeness (QED) is 0.235. The van der Waals surface area contributed by atoms with Gasteiger partial charge >= 0.3 is 0 Å². The lowest BCUT2D eigenvalue weighted by atomic mass is 10.1. The molecule has 2 aromatic carbocycles. The van der Waals surface area contributed by atoms with E-state index < -0.39 is 0 Å². The van der Waals surface area contributed by atoms with E-state index in [0.717, 1.165) is 16.7 Å². The lowest BCUT2D eigenvalue weighted by molar-refractivity contribution is -0.121. The lowest BCUT2D eigenvalue weighted by Crippen LogP contribution is -2.27. The molecule has 0 radical (unpaired) electrons. The molecule has 6 nitrogen and oxygen atoms in total. The number of halogens is 1. The summed E-state index contributed by atoms with van der Waals surface area (Å²) in [5.74, 6) is 0.428. The van der Waals surface area contributed by atoms with Crippen LogP contribution < -0.4 is 14.8 Å². The van der Waals surface area contributed by atoms with E-state index in [9.17, 15) is 9.59 Å². The summed E-state index contributed by atoms with van der Waals surface area (Å²) in [5.41, 5.74) is 3.70. The van der Waals surface area contributed by atoms with Gasteiger partial charge in [-0.1, -0.05) is 36.1 Å². The number of carbonyl (C=O) groups excluding carboxylic acids is 2. The van der Waals surface area contributed by atoms with Crippen LogP contribution in [0.25, 0.3) is 6.08 Å². The van der Waals surface area contributed by atoms with Gasteiger partial charge in [0, 0.05) is 12.2 Å². The van der Waals surface area contributed by atoms with Crippen molar-refractivity contribution in [3.05, 3.63) is 69.1 Å². The van der Waals surface area contributed by atoms with Gasteiger partial charge in [0.15, 0.2) is 18.1 Å². The SMILES string of the molecule is C=CCN1C(=O)/C(=C/c2cc(Br)c(OCC(=O)Nc3ccc(C)c(C)c3)c(OCC)c2)SC1=S. The minimum atomic E-state index is -0.285. The Morgan fingerprint density at radius 2 is 2.00 bits per heavy atom. The molecular weight excluding hydrogens is 536 g/mol. The van der Waals surface area contributed by atoms with Gasteiger partial charge in [-0.05, 0) is 83.7 Å². The molecular formula is C25H25BrN2O4S2. The number of nitrogens with zero attached hydrogens (tertiary/aromatic N) is 1. The molecule has 0 spiro atoms. The van der Waals surface area contributed by atoms with Crippen LogP contribution in [0.1, 0.15) is 23.6 Å². The van der Waals surface area contributed by atoms with E-state index in [1.807, 2.05) is 39.0 Å². The second kappa shape index (κ2) is 11.7. The predicted octanol–water partition coefficient (Wildman–Crippen LogP) is 5.87. The number of nitrogens with one attached hydrogen (secondary N) is 1. The topological polar surface area (TPSA) is 67.9 Å². The number of rotatable bonds is 9. The Morgan fingerprint density at radius 1 is 1.24 bits per heavy atom. The average Bonchev–Trinajstić information content (AvgIpc) is 3.03. The number of benzene rings is 2. The zero-order chi connectivity index (χ0) is 24.8. The van der Waals surface area contributed by atoms with E-state index in [-0.39, 0.29) is 18.4 Å². The Labute approximate surface area is 217 Å². The first-order chi connectivity index (χ1) is 16.2. The van der Waals surface area contributed by atoms with E-state index >= 15 is 0 Å². The van der Waals surface area contributed by atoms with E-state index in [1.165, 1.54) is 16.7 Å². The second-order valence-electron chi connectivity index (χ2n) is 7.48. The maximum Gasteiger partial charge on any atom is 0.266 e. The van der Waals surface area contributed by atoms with E-state index in [1.54, 1.807) is 24.3 Å². The maximum absolute atomic E-state index is 12.6. The third kappa shape index (κ3) is 6.28. The molecule has 1 heterocycles. The van der Waals surface area contributed by atoms with Crippen LogP contribution in [0.2, 0.25) is 0 Å². The summed E-state index contributed by atoms with van der Waals surface area (Å²) in [7, 11) is 0. The van der Waals surface area contributed by atoms with Crippen LogP contribution in [-0.4, -0.2) is 40.8 Å². The first kappa shape index (κ1) is 26.0. The first-order valence-corrected chi connectivity index (χ1v) is 12.6. The third-order valence-corrected chi connectivity index (χ3v) is 6.92. The summed E-state index contributed by atoms with van der Waals surface area (Å²) in [6.45, 7) is 10.1. The number of thioether (sulfide) groups is 1. The Balaban J connectivity index is 1.76. The Bertz CT molecular complexity index is 1180. The maximum atomic E-state index is 12.6. The molecule has 34 heavy (non-hydrogen) atoms. The molecule has 1 aliphatic rings. The van der Waals surface area contributed by atoms with Crippen molar-refractivity contribution < 1.29 is 19.1 Å². The summed E-state index contributed by atoms with van der Waals surface area (Å²) < 4.78 is 12.7. The highest BCUT2D eigenvalue weighted by molar-refractivity contribution is 9.10. The molecule has 0 unspecified atom stereocenters. The number of amides is 2. The summed E-state index contributed by atoms with van der Waals surface area (Å²) in [5, 5.41) is 2.84. The largest absolute Gasteiger partial charge is 0.490 e. The molecule has 0 bridgehead atoms. The fraction of sp³-hybridized carbons (Fsp3) is 0.240. The van der Waals surface area contributed by atoms with Gasteiger partial charge in [-0.15, -0.1) is 6.58 Å². The Kier molecular flexibility index (Phi) is 8.93. The fourth-order valence-corrected chi connectivity index (χ4v) is 5.02. The van der Waals surface area contributed by atoms with E-state index in [2.05, 4.69) is 27.8 Å². The average molecular weight is 562 g/mol. The highest BCUT2D eigenvalue weighted by atomic mass is 79.9. The molecule has 9 heteroatoms. The Morgan fingerprint density at radius 3 is 2.68 bits per heavy atom. The number of hydrogen-bond acceptors (Lipinski definition) is 6. The van der Waals surface area contributed by atoms with Gasteiger partial charge in [0.1, 0.15) is 4.32 Å². The normalized spacial score (nSPS) is 14.5. The fourth-order valence-electron chi connectivity index (χ4n) is 3.17. The highest BCUT2D eigenvalue weighted by Gasteiger charge is 2.31. The van der Waals surface area contributed by atoms with Crippen molar-refractivity contribution in [3.8, 4) is 11.5 Å². The summed E-state index contributed by atoms with van der Waals surface area (Å²) in [4.78, 5) is 27.1.